The van der Waals surface area contributed by atoms with Crippen molar-refractivity contribution in [1.29, 1.82) is 0 Å². The monoisotopic (exact) mass is 384 g/mol. The highest BCUT2D eigenvalue weighted by molar-refractivity contribution is 6.30. The zero-order valence-electron chi connectivity index (χ0n) is 14.8. The van der Waals surface area contributed by atoms with Gasteiger partial charge in [0.05, 0.1) is 19.3 Å². The fourth-order valence-corrected chi connectivity index (χ4v) is 2.88. The smallest absolute Gasteiger partial charge is 0.249 e. The number of rotatable bonds is 9. The Labute approximate surface area is 158 Å². The SMILES string of the molecule is CCOCCOCC(=O)N1CC(O)CC1C(=O)NCc1ccc(Cl)cc1. The van der Waals surface area contributed by atoms with E-state index < -0.39 is 12.1 Å². The van der Waals surface area contributed by atoms with Crippen LogP contribution in [0.3, 0.4) is 0 Å². The molecule has 2 unspecified atom stereocenters. The normalized spacial score (nSPS) is 19.6. The Morgan fingerprint density at radius 3 is 2.65 bits per heavy atom. The van der Waals surface area contributed by atoms with E-state index >= 15 is 0 Å². The topological polar surface area (TPSA) is 88.1 Å². The van der Waals surface area contributed by atoms with Crippen LogP contribution in [0.4, 0.5) is 0 Å². The lowest BCUT2D eigenvalue weighted by molar-refractivity contribution is -0.142. The molecule has 2 atom stereocenters. The lowest BCUT2D eigenvalue weighted by Crippen LogP contribution is -2.47. The first kappa shape index (κ1) is 20.6. The number of benzene rings is 1. The van der Waals surface area contributed by atoms with Crippen molar-refractivity contribution in [3.8, 4) is 0 Å². The van der Waals surface area contributed by atoms with E-state index in [0.29, 0.717) is 31.4 Å². The molecule has 0 spiro atoms. The van der Waals surface area contributed by atoms with Gasteiger partial charge in [0.15, 0.2) is 0 Å². The average Bonchev–Trinajstić information content (AvgIpc) is 3.02. The van der Waals surface area contributed by atoms with Crippen LogP contribution in [0.5, 0.6) is 0 Å². The Kier molecular flexibility index (Phi) is 8.31. The summed E-state index contributed by atoms with van der Waals surface area (Å²) < 4.78 is 10.4. The van der Waals surface area contributed by atoms with Crippen LogP contribution in [-0.2, 0) is 25.6 Å². The van der Waals surface area contributed by atoms with E-state index in [2.05, 4.69) is 5.32 Å². The summed E-state index contributed by atoms with van der Waals surface area (Å²) in [6, 6.07) is 6.44. The molecule has 0 bridgehead atoms. The van der Waals surface area contributed by atoms with Gasteiger partial charge in [0.25, 0.3) is 0 Å². The molecule has 1 aromatic carbocycles. The summed E-state index contributed by atoms with van der Waals surface area (Å²) in [6.07, 6.45) is -0.495. The predicted octanol–water partition coefficient (Wildman–Crippen LogP) is 0.971. The van der Waals surface area contributed by atoms with Gasteiger partial charge < -0.3 is 24.8 Å². The second kappa shape index (κ2) is 10.5. The summed E-state index contributed by atoms with van der Waals surface area (Å²) >= 11 is 5.84. The molecule has 1 aromatic rings. The summed E-state index contributed by atoms with van der Waals surface area (Å²) in [5.74, 6) is -0.608. The van der Waals surface area contributed by atoms with Crippen LogP contribution in [-0.4, -0.2) is 66.9 Å². The molecule has 1 heterocycles. The Bertz CT molecular complexity index is 596. The van der Waals surface area contributed by atoms with Gasteiger partial charge in [-0.3, -0.25) is 9.59 Å². The third kappa shape index (κ3) is 6.25. The van der Waals surface area contributed by atoms with Crippen LogP contribution in [0.25, 0.3) is 0 Å². The molecule has 0 saturated carbocycles. The molecule has 0 aromatic heterocycles. The van der Waals surface area contributed by atoms with Gasteiger partial charge in [-0.2, -0.15) is 0 Å². The molecular weight excluding hydrogens is 360 g/mol. The number of nitrogens with zero attached hydrogens (tertiary/aromatic N) is 1. The molecule has 1 aliphatic rings. The number of likely N-dealkylation sites (tertiary alicyclic amines) is 1. The lowest BCUT2D eigenvalue weighted by Gasteiger charge is -2.23. The van der Waals surface area contributed by atoms with Crippen molar-refractivity contribution in [3.63, 3.8) is 0 Å². The highest BCUT2D eigenvalue weighted by Gasteiger charge is 2.38. The number of hydrogen-bond donors (Lipinski definition) is 2. The minimum absolute atomic E-state index is 0.132. The maximum atomic E-state index is 12.5. The van der Waals surface area contributed by atoms with Gasteiger partial charge in [0.1, 0.15) is 12.6 Å². The largest absolute Gasteiger partial charge is 0.391 e. The second-order valence-corrected chi connectivity index (χ2v) is 6.48. The molecule has 2 amide bonds. The first-order valence-corrected chi connectivity index (χ1v) is 9.04. The van der Waals surface area contributed by atoms with Crippen molar-refractivity contribution in [2.75, 3.05) is 33.0 Å². The summed E-state index contributed by atoms with van der Waals surface area (Å²) in [4.78, 5) is 26.1. The number of carbonyl (C=O) groups is 2. The third-order valence-corrected chi connectivity index (χ3v) is 4.34. The van der Waals surface area contributed by atoms with Crippen LogP contribution >= 0.6 is 11.6 Å². The molecule has 2 N–H and O–H groups in total. The van der Waals surface area contributed by atoms with Crippen molar-refractivity contribution >= 4 is 23.4 Å². The van der Waals surface area contributed by atoms with E-state index in [4.69, 9.17) is 21.1 Å². The summed E-state index contributed by atoms with van der Waals surface area (Å²) in [6.45, 7) is 3.51. The van der Waals surface area contributed by atoms with Crippen molar-refractivity contribution < 1.29 is 24.2 Å². The van der Waals surface area contributed by atoms with Crippen molar-refractivity contribution in [3.05, 3.63) is 34.9 Å². The zero-order valence-corrected chi connectivity index (χ0v) is 15.6. The van der Waals surface area contributed by atoms with Crippen molar-refractivity contribution in [2.24, 2.45) is 0 Å². The highest BCUT2D eigenvalue weighted by atomic mass is 35.5. The van der Waals surface area contributed by atoms with Gasteiger partial charge in [-0.05, 0) is 24.6 Å². The quantitative estimate of drug-likeness (QED) is 0.619. The minimum Gasteiger partial charge on any atom is -0.391 e. The number of ether oxygens (including phenoxy) is 2. The molecular formula is C18H25ClN2O5. The molecule has 0 aliphatic carbocycles. The van der Waals surface area contributed by atoms with Gasteiger partial charge in [-0.15, -0.1) is 0 Å². The van der Waals surface area contributed by atoms with Gasteiger partial charge >= 0.3 is 0 Å². The molecule has 144 valence electrons. The van der Waals surface area contributed by atoms with Gasteiger partial charge in [-0.25, -0.2) is 0 Å². The summed E-state index contributed by atoms with van der Waals surface area (Å²) in [5, 5.41) is 13.3. The van der Waals surface area contributed by atoms with Crippen molar-refractivity contribution in [2.45, 2.75) is 32.0 Å². The number of carbonyl (C=O) groups excluding carboxylic acids is 2. The summed E-state index contributed by atoms with van der Waals surface area (Å²) in [5.41, 5.74) is 0.901. The number of aliphatic hydroxyl groups is 1. The Morgan fingerprint density at radius 1 is 1.27 bits per heavy atom. The maximum Gasteiger partial charge on any atom is 0.249 e. The highest BCUT2D eigenvalue weighted by Crippen LogP contribution is 2.19. The molecule has 8 heteroatoms. The van der Waals surface area contributed by atoms with Crippen LogP contribution < -0.4 is 5.32 Å². The van der Waals surface area contributed by atoms with E-state index in [-0.39, 0.29) is 31.4 Å². The van der Waals surface area contributed by atoms with Crippen molar-refractivity contribution in [1.82, 2.24) is 10.2 Å². The molecule has 1 fully saturated rings. The van der Waals surface area contributed by atoms with E-state index in [1.165, 1.54) is 4.90 Å². The third-order valence-electron chi connectivity index (χ3n) is 4.08. The molecule has 1 aliphatic heterocycles. The number of aliphatic hydroxyl groups excluding tert-OH is 1. The predicted molar refractivity (Wildman–Crippen MR) is 96.7 cm³/mol. The van der Waals surface area contributed by atoms with Gasteiger partial charge in [0, 0.05) is 31.1 Å². The average molecular weight is 385 g/mol. The zero-order chi connectivity index (χ0) is 18.9. The fraction of sp³-hybridized carbons (Fsp3) is 0.556. The van der Waals surface area contributed by atoms with Gasteiger partial charge in [-0.1, -0.05) is 23.7 Å². The van der Waals surface area contributed by atoms with Crippen LogP contribution in [0.2, 0.25) is 5.02 Å². The Balaban J connectivity index is 1.83. The molecule has 2 rings (SSSR count). The van der Waals surface area contributed by atoms with E-state index in [1.54, 1.807) is 12.1 Å². The van der Waals surface area contributed by atoms with E-state index in [0.717, 1.165) is 5.56 Å². The molecule has 26 heavy (non-hydrogen) atoms. The number of nitrogens with one attached hydrogen (secondary N) is 1. The molecule has 1 saturated heterocycles. The number of hydrogen-bond acceptors (Lipinski definition) is 5. The van der Waals surface area contributed by atoms with Crippen LogP contribution in [0, 0.1) is 0 Å². The maximum absolute atomic E-state index is 12.5. The Hall–Kier alpha value is -1.67. The lowest BCUT2D eigenvalue weighted by atomic mass is 10.1. The Morgan fingerprint density at radius 2 is 1.96 bits per heavy atom. The first-order chi connectivity index (χ1) is 12.5. The number of β-amino-alcohol motifs (C(OH)–C–C–N with tert-alkyl or cyclic N) is 1. The van der Waals surface area contributed by atoms with Crippen LogP contribution in [0.1, 0.15) is 18.9 Å². The van der Waals surface area contributed by atoms with Gasteiger partial charge in [0.2, 0.25) is 11.8 Å². The van der Waals surface area contributed by atoms with E-state index in [1.807, 2.05) is 19.1 Å². The van der Waals surface area contributed by atoms with Crippen LogP contribution in [0.15, 0.2) is 24.3 Å². The second-order valence-electron chi connectivity index (χ2n) is 6.05. The number of amides is 2. The molecule has 7 nitrogen and oxygen atoms in total. The summed E-state index contributed by atoms with van der Waals surface area (Å²) in [7, 11) is 0. The number of halogens is 1. The minimum atomic E-state index is -0.714. The first-order valence-electron chi connectivity index (χ1n) is 8.66. The van der Waals surface area contributed by atoms with E-state index in [9.17, 15) is 14.7 Å². The molecule has 0 radical (unpaired) electrons. The fourth-order valence-electron chi connectivity index (χ4n) is 2.75. The standard InChI is InChI=1S/C18H25ClN2O5/c1-2-25-7-8-26-12-17(23)21-11-15(22)9-16(21)18(24)20-10-13-3-5-14(19)6-4-13/h3-6,15-16,22H,2,7-12H2,1H3,(H,20,24).